The molecular weight excluding hydrogens is 425 g/mol. The van der Waals surface area contributed by atoms with Crippen molar-refractivity contribution in [1.29, 1.82) is 5.41 Å². The number of nitrogens with one attached hydrogen (secondary N) is 2. The van der Waals surface area contributed by atoms with Gasteiger partial charge in [-0.05, 0) is 35.4 Å². The molecule has 1 heterocycles. The Balaban J connectivity index is 0.00000225. The first-order chi connectivity index (χ1) is 13.5. The maximum absolute atomic E-state index is 12.4. The minimum Gasteiger partial charge on any atom is -0.439 e. The number of hydrogen-bond acceptors (Lipinski definition) is 5. The van der Waals surface area contributed by atoms with Crippen molar-refractivity contribution >= 4 is 36.6 Å². The van der Waals surface area contributed by atoms with Gasteiger partial charge in [-0.15, -0.1) is 24.8 Å². The second-order valence-electron chi connectivity index (χ2n) is 6.13. The number of benzene rings is 2. The molecule has 0 aliphatic heterocycles. The molecule has 0 atom stereocenters. The van der Waals surface area contributed by atoms with Crippen LogP contribution in [0, 0.1) is 5.41 Å². The van der Waals surface area contributed by atoms with E-state index in [9.17, 15) is 4.79 Å². The van der Waals surface area contributed by atoms with Crippen molar-refractivity contribution in [3.8, 4) is 11.6 Å². The average molecular weight is 448 g/mol. The molecule has 2 aromatic carbocycles. The highest BCUT2D eigenvalue weighted by Crippen LogP contribution is 2.21. The van der Waals surface area contributed by atoms with Crippen molar-refractivity contribution in [1.82, 2.24) is 10.3 Å². The van der Waals surface area contributed by atoms with E-state index in [4.69, 9.17) is 21.6 Å². The topological polar surface area (TPSA) is 127 Å². The highest BCUT2D eigenvalue weighted by molar-refractivity contribution is 5.95. The van der Waals surface area contributed by atoms with Gasteiger partial charge in [0.2, 0.25) is 5.88 Å². The summed E-state index contributed by atoms with van der Waals surface area (Å²) >= 11 is 0. The van der Waals surface area contributed by atoms with E-state index in [2.05, 4.69) is 10.3 Å². The van der Waals surface area contributed by atoms with Gasteiger partial charge in [-0.2, -0.15) is 0 Å². The minimum atomic E-state index is -0.218. The molecule has 0 saturated heterocycles. The van der Waals surface area contributed by atoms with Crippen LogP contribution < -0.4 is 21.5 Å². The number of ether oxygens (including phenoxy) is 1. The number of nitrogen functional groups attached to an aromatic ring is 1. The Bertz CT molecular complexity index is 997. The first-order valence-corrected chi connectivity index (χ1v) is 8.69. The van der Waals surface area contributed by atoms with Crippen LogP contribution in [0.2, 0.25) is 0 Å². The summed E-state index contributed by atoms with van der Waals surface area (Å²) < 4.78 is 5.73. The summed E-state index contributed by atoms with van der Waals surface area (Å²) in [4.78, 5) is 16.6. The highest BCUT2D eigenvalue weighted by Gasteiger charge is 2.08. The summed E-state index contributed by atoms with van der Waals surface area (Å²) in [6, 6.07) is 17.6. The van der Waals surface area contributed by atoms with Crippen molar-refractivity contribution in [2.24, 2.45) is 11.5 Å². The smallest absolute Gasteiger partial charge is 0.251 e. The number of amides is 1. The Hall–Kier alpha value is -3.13. The molecular formula is C21H23Cl2N5O2. The predicted molar refractivity (Wildman–Crippen MR) is 122 cm³/mol. The number of hydrogen-bond donors (Lipinski definition) is 4. The van der Waals surface area contributed by atoms with E-state index in [0.29, 0.717) is 35.8 Å². The zero-order valence-electron chi connectivity index (χ0n) is 16.0. The summed E-state index contributed by atoms with van der Waals surface area (Å²) in [6.07, 6.45) is 1.63. The van der Waals surface area contributed by atoms with E-state index in [1.54, 1.807) is 48.7 Å². The Morgan fingerprint density at radius 3 is 2.40 bits per heavy atom. The van der Waals surface area contributed by atoms with E-state index in [-0.39, 0.29) is 36.6 Å². The SMILES string of the molecule is Cl.Cl.N=C(N)c1ccc(CNC(=O)c2cccc(Oc3cc(CN)ccn3)c2)cc1. The molecule has 158 valence electrons. The fourth-order valence-corrected chi connectivity index (χ4v) is 2.54. The standard InChI is InChI=1S/C21H21N5O2.2ClH/c22-12-15-8-9-25-19(10-15)28-18-3-1-2-17(11-18)21(27)26-13-14-4-6-16(7-5-14)20(23)24;;/h1-11H,12-13,22H2,(H3,23,24)(H,26,27);2*1H. The van der Waals surface area contributed by atoms with Gasteiger partial charge in [-0.3, -0.25) is 10.2 Å². The third-order valence-electron chi connectivity index (χ3n) is 4.07. The van der Waals surface area contributed by atoms with Crippen molar-refractivity contribution in [2.75, 3.05) is 0 Å². The summed E-state index contributed by atoms with van der Waals surface area (Å²) in [5.74, 6) is 0.731. The summed E-state index contributed by atoms with van der Waals surface area (Å²) in [6.45, 7) is 0.761. The zero-order valence-corrected chi connectivity index (χ0v) is 17.6. The number of carbonyl (C=O) groups is 1. The van der Waals surface area contributed by atoms with Crippen LogP contribution in [-0.4, -0.2) is 16.7 Å². The maximum Gasteiger partial charge on any atom is 0.251 e. The second kappa shape index (κ2) is 11.8. The molecule has 0 unspecified atom stereocenters. The first-order valence-electron chi connectivity index (χ1n) is 8.69. The fraction of sp³-hybridized carbons (Fsp3) is 0.0952. The third-order valence-corrected chi connectivity index (χ3v) is 4.07. The van der Waals surface area contributed by atoms with Gasteiger partial charge < -0.3 is 21.5 Å². The monoisotopic (exact) mass is 447 g/mol. The van der Waals surface area contributed by atoms with Gasteiger partial charge in [-0.25, -0.2) is 4.98 Å². The number of aromatic nitrogens is 1. The van der Waals surface area contributed by atoms with E-state index >= 15 is 0 Å². The largest absolute Gasteiger partial charge is 0.439 e. The molecule has 3 aromatic rings. The van der Waals surface area contributed by atoms with Crippen molar-refractivity contribution in [2.45, 2.75) is 13.1 Å². The zero-order chi connectivity index (χ0) is 19.9. The van der Waals surface area contributed by atoms with Gasteiger partial charge in [-0.1, -0.05) is 30.3 Å². The average Bonchev–Trinajstić information content (AvgIpc) is 2.72. The molecule has 0 fully saturated rings. The van der Waals surface area contributed by atoms with Crippen LogP contribution in [-0.2, 0) is 13.1 Å². The molecule has 0 bridgehead atoms. The van der Waals surface area contributed by atoms with Crippen LogP contribution in [0.3, 0.4) is 0 Å². The molecule has 7 nitrogen and oxygen atoms in total. The molecule has 3 rings (SSSR count). The number of nitrogens with two attached hydrogens (primary N) is 2. The molecule has 0 saturated carbocycles. The van der Waals surface area contributed by atoms with E-state index in [1.807, 2.05) is 18.2 Å². The molecule has 0 aliphatic carbocycles. The Kier molecular flexibility index (Phi) is 9.77. The molecule has 6 N–H and O–H groups in total. The van der Waals surface area contributed by atoms with Crippen LogP contribution in [0.15, 0.2) is 66.9 Å². The fourth-order valence-electron chi connectivity index (χ4n) is 2.54. The van der Waals surface area contributed by atoms with Gasteiger partial charge in [0.25, 0.3) is 5.91 Å². The van der Waals surface area contributed by atoms with Crippen LogP contribution >= 0.6 is 24.8 Å². The molecule has 0 radical (unpaired) electrons. The van der Waals surface area contributed by atoms with Gasteiger partial charge in [0.05, 0.1) is 0 Å². The summed E-state index contributed by atoms with van der Waals surface area (Å²) in [5, 5.41) is 10.3. The van der Waals surface area contributed by atoms with Crippen molar-refractivity contribution < 1.29 is 9.53 Å². The lowest BCUT2D eigenvalue weighted by Gasteiger charge is -2.09. The minimum absolute atomic E-state index is 0. The normalized spacial score (nSPS) is 9.63. The molecule has 0 spiro atoms. The van der Waals surface area contributed by atoms with Crippen molar-refractivity contribution in [3.63, 3.8) is 0 Å². The molecule has 1 amide bonds. The molecule has 30 heavy (non-hydrogen) atoms. The number of rotatable bonds is 7. The Morgan fingerprint density at radius 1 is 1.00 bits per heavy atom. The second-order valence-corrected chi connectivity index (χ2v) is 6.13. The lowest BCUT2D eigenvalue weighted by atomic mass is 10.1. The predicted octanol–water partition coefficient (Wildman–Crippen LogP) is 3.39. The third kappa shape index (κ3) is 6.73. The highest BCUT2D eigenvalue weighted by atomic mass is 35.5. The van der Waals surface area contributed by atoms with Crippen LogP contribution in [0.4, 0.5) is 0 Å². The van der Waals surface area contributed by atoms with Gasteiger partial charge in [0.1, 0.15) is 11.6 Å². The lowest BCUT2D eigenvalue weighted by molar-refractivity contribution is 0.0950. The summed E-state index contributed by atoms with van der Waals surface area (Å²) in [7, 11) is 0. The van der Waals surface area contributed by atoms with E-state index in [0.717, 1.165) is 11.1 Å². The van der Waals surface area contributed by atoms with Crippen LogP contribution in [0.25, 0.3) is 0 Å². The number of amidine groups is 1. The van der Waals surface area contributed by atoms with Crippen molar-refractivity contribution in [3.05, 3.63) is 89.1 Å². The number of pyridine rings is 1. The van der Waals surface area contributed by atoms with Gasteiger partial charge in [0.15, 0.2) is 0 Å². The van der Waals surface area contributed by atoms with Crippen LogP contribution in [0.1, 0.15) is 27.0 Å². The van der Waals surface area contributed by atoms with Gasteiger partial charge >= 0.3 is 0 Å². The first kappa shape index (κ1) is 24.9. The van der Waals surface area contributed by atoms with E-state index < -0.39 is 0 Å². The number of nitrogens with zero attached hydrogens (tertiary/aromatic N) is 1. The number of carbonyl (C=O) groups excluding carboxylic acids is 1. The molecule has 1 aromatic heterocycles. The molecule has 0 aliphatic rings. The lowest BCUT2D eigenvalue weighted by Crippen LogP contribution is -2.22. The van der Waals surface area contributed by atoms with E-state index in [1.165, 1.54) is 0 Å². The molecule has 9 heteroatoms. The van der Waals surface area contributed by atoms with Gasteiger partial charge in [0, 0.05) is 36.5 Å². The van der Waals surface area contributed by atoms with Crippen LogP contribution in [0.5, 0.6) is 11.6 Å². The summed E-state index contributed by atoms with van der Waals surface area (Å²) in [5.41, 5.74) is 14.0. The number of halogens is 2. The Morgan fingerprint density at radius 2 is 1.73 bits per heavy atom. The maximum atomic E-state index is 12.4. The quantitative estimate of drug-likeness (QED) is 0.326. The Labute approximate surface area is 187 Å².